The number of benzene rings is 2. The Balaban J connectivity index is 1.89. The summed E-state index contributed by atoms with van der Waals surface area (Å²) >= 11 is 1.43. The summed E-state index contributed by atoms with van der Waals surface area (Å²) in [5, 5.41) is 20.7. The molecule has 0 saturated carbocycles. The van der Waals surface area contributed by atoms with Crippen molar-refractivity contribution in [2.45, 2.75) is 130 Å². The number of nitriles is 2. The average Bonchev–Trinajstić information content (AvgIpc) is 3.66. The Morgan fingerprint density at radius 1 is 0.491 bits per heavy atom. The van der Waals surface area contributed by atoms with Crippen molar-refractivity contribution in [3.8, 4) is 35.1 Å². The molecule has 0 amide bonds. The van der Waals surface area contributed by atoms with Gasteiger partial charge < -0.3 is 18.9 Å². The minimum absolute atomic E-state index is 0.504. The molecule has 0 aliphatic rings. The van der Waals surface area contributed by atoms with Crippen LogP contribution in [0.15, 0.2) is 48.5 Å². The molecule has 286 valence electrons. The molecule has 0 bridgehead atoms. The van der Waals surface area contributed by atoms with Crippen LogP contribution in [0, 0.1) is 22.7 Å². The monoisotopic (exact) mass is 738 g/mol. The van der Waals surface area contributed by atoms with Crippen molar-refractivity contribution in [3.05, 3.63) is 69.4 Å². The standard InChI is InChI=1S/C46H62N2O4S/c1-5-9-13-17-27-49-41-21-23-43(51-29-19-15-11-7-3)37(33-41)31-39(35-47)45-25-26-46(53-45)40(36-48)32-38-34-42(50-28-18-14-10-6-2)22-24-44(38)52-30-20-16-12-8-4/h21-26,31-34H,5-20,27-30H2,1-4H3/b39-31+,40-32+. The molecule has 0 fully saturated rings. The number of nitrogens with zero attached hydrogens (tertiary/aromatic N) is 2. The van der Waals surface area contributed by atoms with Gasteiger partial charge in [0.2, 0.25) is 0 Å². The van der Waals surface area contributed by atoms with Gasteiger partial charge in [0.05, 0.1) is 37.6 Å². The van der Waals surface area contributed by atoms with Crippen LogP contribution in [-0.2, 0) is 0 Å². The second-order valence-corrected chi connectivity index (χ2v) is 14.6. The van der Waals surface area contributed by atoms with Crippen LogP contribution in [0.5, 0.6) is 23.0 Å². The second kappa shape index (κ2) is 26.5. The van der Waals surface area contributed by atoms with E-state index in [9.17, 15) is 10.5 Å². The van der Waals surface area contributed by atoms with E-state index in [1.807, 2.05) is 60.7 Å². The molecule has 0 unspecified atom stereocenters. The zero-order valence-electron chi connectivity index (χ0n) is 32.9. The Bertz CT molecular complexity index is 1510. The first-order chi connectivity index (χ1) is 26.1. The molecule has 0 spiro atoms. The summed E-state index contributed by atoms with van der Waals surface area (Å²) in [5.74, 6) is 2.99. The summed E-state index contributed by atoms with van der Waals surface area (Å²) in [6.07, 6.45) is 21.8. The molecule has 1 aromatic heterocycles. The number of ether oxygens (including phenoxy) is 4. The van der Waals surface area contributed by atoms with E-state index in [1.54, 1.807) is 0 Å². The van der Waals surface area contributed by atoms with Gasteiger partial charge in [0.25, 0.3) is 0 Å². The van der Waals surface area contributed by atoms with Crippen LogP contribution in [0.2, 0.25) is 0 Å². The summed E-state index contributed by atoms with van der Waals surface area (Å²) in [7, 11) is 0. The van der Waals surface area contributed by atoms with E-state index in [2.05, 4.69) is 39.8 Å². The maximum absolute atomic E-state index is 10.4. The van der Waals surface area contributed by atoms with Gasteiger partial charge in [0.15, 0.2) is 0 Å². The van der Waals surface area contributed by atoms with Gasteiger partial charge >= 0.3 is 0 Å². The Morgan fingerprint density at radius 2 is 0.849 bits per heavy atom. The third kappa shape index (κ3) is 16.1. The van der Waals surface area contributed by atoms with Crippen LogP contribution >= 0.6 is 11.3 Å². The predicted molar refractivity (Wildman–Crippen MR) is 223 cm³/mol. The van der Waals surface area contributed by atoms with Crippen LogP contribution in [0.1, 0.15) is 151 Å². The molecular formula is C46H62N2O4S. The molecule has 6 nitrogen and oxygen atoms in total. The lowest BCUT2D eigenvalue weighted by Crippen LogP contribution is -2.01. The molecule has 0 aliphatic carbocycles. The van der Waals surface area contributed by atoms with E-state index in [0.29, 0.717) is 37.6 Å². The van der Waals surface area contributed by atoms with E-state index in [1.165, 1.54) is 62.7 Å². The number of hydrogen-bond acceptors (Lipinski definition) is 7. The summed E-state index contributed by atoms with van der Waals surface area (Å²) in [4.78, 5) is 1.56. The highest BCUT2D eigenvalue weighted by Gasteiger charge is 2.14. The summed E-state index contributed by atoms with van der Waals surface area (Å²) in [6.45, 7) is 11.4. The van der Waals surface area contributed by atoms with Gasteiger partial charge in [-0.2, -0.15) is 10.5 Å². The van der Waals surface area contributed by atoms with Gasteiger partial charge in [-0.1, -0.05) is 105 Å². The third-order valence-corrected chi connectivity index (χ3v) is 10.1. The largest absolute Gasteiger partial charge is 0.494 e. The molecule has 0 atom stereocenters. The Hall–Kier alpha value is -4.20. The molecule has 0 aliphatic heterocycles. The lowest BCUT2D eigenvalue weighted by Gasteiger charge is -2.13. The molecule has 0 N–H and O–H groups in total. The lowest BCUT2D eigenvalue weighted by molar-refractivity contribution is 0.296. The molecule has 53 heavy (non-hydrogen) atoms. The molecular weight excluding hydrogens is 677 g/mol. The van der Waals surface area contributed by atoms with Gasteiger partial charge in [-0.05, 0) is 86.4 Å². The fourth-order valence-electron chi connectivity index (χ4n) is 5.84. The molecule has 3 rings (SSSR count). The van der Waals surface area contributed by atoms with Gasteiger partial charge in [-0.15, -0.1) is 11.3 Å². The molecule has 7 heteroatoms. The van der Waals surface area contributed by atoms with Crippen LogP contribution < -0.4 is 18.9 Å². The molecule has 1 heterocycles. The van der Waals surface area contributed by atoms with E-state index in [4.69, 9.17) is 18.9 Å². The molecule has 0 saturated heterocycles. The minimum Gasteiger partial charge on any atom is -0.494 e. The average molecular weight is 739 g/mol. The van der Waals surface area contributed by atoms with Crippen molar-refractivity contribution in [3.63, 3.8) is 0 Å². The normalized spacial score (nSPS) is 11.6. The zero-order chi connectivity index (χ0) is 37.9. The highest BCUT2D eigenvalue weighted by atomic mass is 32.1. The summed E-state index contributed by atoms with van der Waals surface area (Å²) in [5.41, 5.74) is 2.62. The van der Waals surface area contributed by atoms with E-state index in [0.717, 1.165) is 95.2 Å². The SMILES string of the molecule is CCCCCCOc1ccc(OCCCCCC)c(/C=C(\C#N)c2ccc(/C(C#N)=C/c3cc(OCCCCCC)ccc3OCCCCCC)s2)c1. The minimum atomic E-state index is 0.504. The van der Waals surface area contributed by atoms with Gasteiger partial charge in [0, 0.05) is 20.9 Å². The molecule has 3 aromatic rings. The van der Waals surface area contributed by atoms with Crippen LogP contribution in [-0.4, -0.2) is 26.4 Å². The predicted octanol–water partition coefficient (Wildman–Crippen LogP) is 13.7. The highest BCUT2D eigenvalue weighted by Crippen LogP contribution is 2.35. The second-order valence-electron chi connectivity index (χ2n) is 13.5. The fourth-order valence-corrected chi connectivity index (χ4v) is 6.77. The zero-order valence-corrected chi connectivity index (χ0v) is 33.7. The number of allylic oxidation sites excluding steroid dienone is 2. The number of thiophene rings is 1. The van der Waals surface area contributed by atoms with E-state index >= 15 is 0 Å². The number of unbranched alkanes of at least 4 members (excludes halogenated alkanes) is 12. The summed E-state index contributed by atoms with van der Waals surface area (Å²) < 4.78 is 24.7. The summed E-state index contributed by atoms with van der Waals surface area (Å²) in [6, 6.07) is 20.4. The molecule has 0 radical (unpaired) electrons. The third-order valence-electron chi connectivity index (χ3n) is 8.98. The van der Waals surface area contributed by atoms with Crippen molar-refractivity contribution in [2.24, 2.45) is 0 Å². The smallest absolute Gasteiger partial charge is 0.126 e. The molecule has 2 aromatic carbocycles. The van der Waals surface area contributed by atoms with Crippen LogP contribution in [0.4, 0.5) is 0 Å². The maximum atomic E-state index is 10.4. The lowest BCUT2D eigenvalue weighted by atomic mass is 10.1. The van der Waals surface area contributed by atoms with E-state index in [-0.39, 0.29) is 0 Å². The van der Waals surface area contributed by atoms with Crippen molar-refractivity contribution in [1.29, 1.82) is 10.5 Å². The van der Waals surface area contributed by atoms with Crippen LogP contribution in [0.25, 0.3) is 23.3 Å². The first-order valence-electron chi connectivity index (χ1n) is 20.2. The van der Waals surface area contributed by atoms with Crippen molar-refractivity contribution in [2.75, 3.05) is 26.4 Å². The maximum Gasteiger partial charge on any atom is 0.126 e. The Morgan fingerprint density at radius 3 is 1.19 bits per heavy atom. The topological polar surface area (TPSA) is 84.5 Å². The highest BCUT2D eigenvalue weighted by molar-refractivity contribution is 7.14. The van der Waals surface area contributed by atoms with Crippen molar-refractivity contribution >= 4 is 34.6 Å². The van der Waals surface area contributed by atoms with Crippen LogP contribution in [0.3, 0.4) is 0 Å². The van der Waals surface area contributed by atoms with Gasteiger partial charge in [-0.25, -0.2) is 0 Å². The first kappa shape index (κ1) is 43.2. The number of rotatable bonds is 28. The number of hydrogen-bond donors (Lipinski definition) is 0. The van der Waals surface area contributed by atoms with E-state index < -0.39 is 0 Å². The first-order valence-corrected chi connectivity index (χ1v) is 21.0. The van der Waals surface area contributed by atoms with Crippen molar-refractivity contribution < 1.29 is 18.9 Å². The van der Waals surface area contributed by atoms with Crippen molar-refractivity contribution in [1.82, 2.24) is 0 Å². The quantitative estimate of drug-likeness (QED) is 0.0545. The van der Waals surface area contributed by atoms with Gasteiger partial charge in [-0.3, -0.25) is 0 Å². The Kier molecular flexibility index (Phi) is 21.6. The van der Waals surface area contributed by atoms with Gasteiger partial charge in [0.1, 0.15) is 35.1 Å². The fraction of sp³-hybridized carbons (Fsp3) is 0.522. The Labute approximate surface area is 324 Å².